The largest absolute Gasteiger partial charge is 0.491 e. The molecule has 1 aliphatic rings. The molecule has 108 valence electrons. The Morgan fingerprint density at radius 3 is 2.95 bits per heavy atom. The summed E-state index contributed by atoms with van der Waals surface area (Å²) in [5, 5.41) is 2.94. The number of fused-ring (bicyclic) bond motifs is 1. The molecule has 1 N–H and O–H groups in total. The number of halogens is 1. The highest BCUT2D eigenvalue weighted by atomic mass is 19.1. The van der Waals surface area contributed by atoms with Crippen LogP contribution in [0, 0.1) is 5.82 Å². The van der Waals surface area contributed by atoms with E-state index in [2.05, 4.69) is 5.32 Å². The van der Waals surface area contributed by atoms with Crippen LogP contribution in [-0.4, -0.2) is 18.6 Å². The maximum Gasteiger partial charge on any atom is 0.224 e. The number of amides is 1. The van der Waals surface area contributed by atoms with Gasteiger partial charge in [0.05, 0.1) is 12.5 Å². The first-order chi connectivity index (χ1) is 10.2. The Balaban J connectivity index is 1.59. The van der Waals surface area contributed by atoms with Crippen molar-refractivity contribution in [3.8, 4) is 5.75 Å². The second-order valence-electron chi connectivity index (χ2n) is 5.19. The lowest BCUT2D eigenvalue weighted by Gasteiger charge is -2.26. The molecule has 1 unspecified atom stereocenters. The summed E-state index contributed by atoms with van der Waals surface area (Å²) in [6.07, 6.45) is 0.932. The average Bonchev–Trinajstić information content (AvgIpc) is 2.47. The van der Waals surface area contributed by atoms with Crippen molar-refractivity contribution in [3.63, 3.8) is 0 Å². The van der Waals surface area contributed by atoms with E-state index in [0.717, 1.165) is 17.7 Å². The molecule has 1 aliphatic heterocycles. The molecular formula is C17H16FNO2. The van der Waals surface area contributed by atoms with Crippen LogP contribution < -0.4 is 10.1 Å². The number of para-hydroxylation sites is 1. The van der Waals surface area contributed by atoms with Gasteiger partial charge in [0.2, 0.25) is 5.91 Å². The molecule has 0 fully saturated rings. The predicted molar refractivity (Wildman–Crippen MR) is 77.7 cm³/mol. The Kier molecular flexibility index (Phi) is 3.86. The molecule has 1 amide bonds. The lowest BCUT2D eigenvalue weighted by molar-refractivity contribution is -0.121. The number of hydrogen-bond acceptors (Lipinski definition) is 2. The summed E-state index contributed by atoms with van der Waals surface area (Å²) >= 11 is 0. The summed E-state index contributed by atoms with van der Waals surface area (Å²) in [5.41, 5.74) is 1.77. The Morgan fingerprint density at radius 1 is 1.24 bits per heavy atom. The van der Waals surface area contributed by atoms with Crippen molar-refractivity contribution < 1.29 is 13.9 Å². The Morgan fingerprint density at radius 2 is 2.10 bits per heavy atom. The fourth-order valence-electron chi connectivity index (χ4n) is 2.53. The summed E-state index contributed by atoms with van der Waals surface area (Å²) < 4.78 is 18.7. The molecule has 3 rings (SSSR count). The van der Waals surface area contributed by atoms with Gasteiger partial charge in [0, 0.05) is 0 Å². The summed E-state index contributed by atoms with van der Waals surface area (Å²) in [6.45, 7) is 0.464. The fourth-order valence-corrected chi connectivity index (χ4v) is 2.53. The number of hydrogen-bond donors (Lipinski definition) is 1. The number of carbonyl (C=O) groups excluding carboxylic acids is 1. The van der Waals surface area contributed by atoms with Crippen molar-refractivity contribution >= 4 is 5.91 Å². The summed E-state index contributed by atoms with van der Waals surface area (Å²) in [7, 11) is 0. The normalized spacial score (nSPS) is 16.7. The molecule has 0 saturated heterocycles. The summed E-state index contributed by atoms with van der Waals surface area (Å²) in [6, 6.07) is 13.9. The van der Waals surface area contributed by atoms with Gasteiger partial charge in [-0.2, -0.15) is 0 Å². The summed E-state index contributed by atoms with van der Waals surface area (Å²) in [5.74, 6) is 0.442. The first-order valence-electron chi connectivity index (χ1n) is 6.95. The zero-order valence-electron chi connectivity index (χ0n) is 11.5. The van der Waals surface area contributed by atoms with Crippen LogP contribution in [0.2, 0.25) is 0 Å². The van der Waals surface area contributed by atoms with Gasteiger partial charge in [-0.3, -0.25) is 4.79 Å². The van der Waals surface area contributed by atoms with Crippen LogP contribution in [0.3, 0.4) is 0 Å². The van der Waals surface area contributed by atoms with E-state index in [1.807, 2.05) is 24.3 Å². The van der Waals surface area contributed by atoms with Gasteiger partial charge in [0.25, 0.3) is 0 Å². The Labute approximate surface area is 122 Å². The van der Waals surface area contributed by atoms with E-state index < -0.39 is 0 Å². The van der Waals surface area contributed by atoms with Crippen molar-refractivity contribution in [2.24, 2.45) is 0 Å². The molecular weight excluding hydrogens is 269 g/mol. The van der Waals surface area contributed by atoms with Crippen LogP contribution in [0.15, 0.2) is 48.5 Å². The molecule has 4 heteroatoms. The molecule has 0 spiro atoms. The molecule has 0 saturated carbocycles. The van der Waals surface area contributed by atoms with Gasteiger partial charge in [-0.05, 0) is 35.7 Å². The monoisotopic (exact) mass is 285 g/mol. The summed E-state index contributed by atoms with van der Waals surface area (Å²) in [4.78, 5) is 12.0. The molecule has 3 nitrogen and oxygen atoms in total. The standard InChI is InChI=1S/C17H16FNO2/c18-14-6-3-4-12(8-14)9-17(20)19-15-10-13-5-1-2-7-16(13)21-11-15/h1-8,15H,9-11H2,(H,19,20). The van der Waals surface area contributed by atoms with Gasteiger partial charge in [0.1, 0.15) is 18.2 Å². The van der Waals surface area contributed by atoms with Crippen LogP contribution in [0.1, 0.15) is 11.1 Å². The van der Waals surface area contributed by atoms with Crippen LogP contribution in [0.4, 0.5) is 4.39 Å². The van der Waals surface area contributed by atoms with E-state index in [0.29, 0.717) is 12.2 Å². The van der Waals surface area contributed by atoms with Crippen LogP contribution in [0.25, 0.3) is 0 Å². The van der Waals surface area contributed by atoms with Crippen molar-refractivity contribution in [1.29, 1.82) is 0 Å². The van der Waals surface area contributed by atoms with Crippen molar-refractivity contribution in [2.75, 3.05) is 6.61 Å². The topological polar surface area (TPSA) is 38.3 Å². The van der Waals surface area contributed by atoms with E-state index in [1.165, 1.54) is 12.1 Å². The third kappa shape index (κ3) is 3.40. The zero-order chi connectivity index (χ0) is 14.7. The molecule has 1 atom stereocenters. The Bertz CT molecular complexity index is 657. The average molecular weight is 285 g/mol. The van der Waals surface area contributed by atoms with Gasteiger partial charge >= 0.3 is 0 Å². The van der Waals surface area contributed by atoms with Crippen LogP contribution in [0.5, 0.6) is 5.75 Å². The van der Waals surface area contributed by atoms with E-state index in [1.54, 1.807) is 12.1 Å². The first kappa shape index (κ1) is 13.6. The molecule has 1 heterocycles. The first-order valence-corrected chi connectivity index (χ1v) is 6.95. The van der Waals surface area contributed by atoms with Crippen LogP contribution >= 0.6 is 0 Å². The molecule has 2 aromatic carbocycles. The third-order valence-electron chi connectivity index (χ3n) is 3.50. The van der Waals surface area contributed by atoms with Crippen molar-refractivity contribution in [2.45, 2.75) is 18.9 Å². The second-order valence-corrected chi connectivity index (χ2v) is 5.19. The SMILES string of the molecule is O=C(Cc1cccc(F)c1)NC1COc2ccccc2C1. The number of carbonyl (C=O) groups is 1. The second kappa shape index (κ2) is 5.95. The smallest absolute Gasteiger partial charge is 0.224 e. The van der Waals surface area contributed by atoms with E-state index in [4.69, 9.17) is 4.74 Å². The minimum atomic E-state index is -0.324. The fraction of sp³-hybridized carbons (Fsp3) is 0.235. The predicted octanol–water partition coefficient (Wildman–Crippen LogP) is 2.49. The van der Waals surface area contributed by atoms with Gasteiger partial charge in [-0.25, -0.2) is 4.39 Å². The van der Waals surface area contributed by atoms with Gasteiger partial charge in [-0.1, -0.05) is 30.3 Å². The number of benzene rings is 2. The highest BCUT2D eigenvalue weighted by molar-refractivity contribution is 5.79. The number of nitrogens with one attached hydrogen (secondary N) is 1. The number of rotatable bonds is 3. The van der Waals surface area contributed by atoms with E-state index in [-0.39, 0.29) is 24.2 Å². The van der Waals surface area contributed by atoms with Gasteiger partial charge in [0.15, 0.2) is 0 Å². The minimum absolute atomic E-state index is 0.0408. The van der Waals surface area contributed by atoms with Crippen molar-refractivity contribution in [1.82, 2.24) is 5.32 Å². The van der Waals surface area contributed by atoms with E-state index >= 15 is 0 Å². The van der Waals surface area contributed by atoms with E-state index in [9.17, 15) is 9.18 Å². The van der Waals surface area contributed by atoms with Gasteiger partial charge in [-0.15, -0.1) is 0 Å². The third-order valence-corrected chi connectivity index (χ3v) is 3.50. The van der Waals surface area contributed by atoms with Crippen LogP contribution in [-0.2, 0) is 17.6 Å². The molecule has 21 heavy (non-hydrogen) atoms. The maximum atomic E-state index is 13.1. The highest BCUT2D eigenvalue weighted by Gasteiger charge is 2.20. The van der Waals surface area contributed by atoms with Gasteiger partial charge < -0.3 is 10.1 Å². The lowest BCUT2D eigenvalue weighted by atomic mass is 10.0. The maximum absolute atomic E-state index is 13.1. The molecule has 0 bridgehead atoms. The molecule has 0 aromatic heterocycles. The molecule has 2 aromatic rings. The quantitative estimate of drug-likeness (QED) is 0.941. The van der Waals surface area contributed by atoms with Crippen molar-refractivity contribution in [3.05, 3.63) is 65.5 Å². The zero-order valence-corrected chi connectivity index (χ0v) is 11.5. The minimum Gasteiger partial charge on any atom is -0.491 e. The molecule has 0 aliphatic carbocycles. The highest BCUT2D eigenvalue weighted by Crippen LogP contribution is 2.23. The number of ether oxygens (including phenoxy) is 1. The lowest BCUT2D eigenvalue weighted by Crippen LogP contribution is -2.43. The molecule has 0 radical (unpaired) electrons. The Hall–Kier alpha value is -2.36.